The van der Waals surface area contributed by atoms with Gasteiger partial charge in [0.25, 0.3) is 0 Å². The third-order valence-electron chi connectivity index (χ3n) is 2.87. The number of aryl methyl sites for hydroxylation is 1. The number of rotatable bonds is 3. The van der Waals surface area contributed by atoms with Gasteiger partial charge in [0.2, 0.25) is 0 Å². The summed E-state index contributed by atoms with van der Waals surface area (Å²) in [6, 6.07) is 3.60. The Kier molecular flexibility index (Phi) is 3.89. The maximum Gasteiger partial charge on any atom is 0.427 e. The Bertz CT molecular complexity index is 558. The molecule has 0 fully saturated rings. The maximum absolute atomic E-state index is 12.8. The lowest BCUT2D eigenvalue weighted by molar-refractivity contribution is -0.134. The number of pyridine rings is 1. The fourth-order valence-corrected chi connectivity index (χ4v) is 2.68. The van der Waals surface area contributed by atoms with Crippen molar-refractivity contribution in [3.8, 4) is 11.4 Å². The molecule has 2 rings (SSSR count). The summed E-state index contributed by atoms with van der Waals surface area (Å²) in [7, 11) is 0. The third kappa shape index (κ3) is 2.78. The van der Waals surface area contributed by atoms with Crippen molar-refractivity contribution in [2.24, 2.45) is 0 Å². The maximum atomic E-state index is 12.8. The summed E-state index contributed by atoms with van der Waals surface area (Å²) in [5, 5.41) is 0. The molecule has 0 saturated carbocycles. The van der Waals surface area contributed by atoms with Crippen molar-refractivity contribution in [3.63, 3.8) is 0 Å². The molecular weight excluding hydrogens is 273 g/mol. The molecule has 0 bridgehead atoms. The minimum Gasteiger partial charge on any atom is -0.254 e. The van der Waals surface area contributed by atoms with Gasteiger partial charge in [-0.3, -0.25) is 4.98 Å². The summed E-state index contributed by atoms with van der Waals surface area (Å²) >= 11 is 0.497. The molecule has 0 unspecified atom stereocenters. The second-order valence-electron chi connectivity index (χ2n) is 4.10. The van der Waals surface area contributed by atoms with E-state index in [0.717, 1.165) is 12.0 Å². The average Bonchev–Trinajstić information content (AvgIpc) is 2.82. The second-order valence-corrected chi connectivity index (χ2v) is 4.87. The Labute approximate surface area is 113 Å². The highest BCUT2D eigenvalue weighted by Crippen LogP contribution is 2.39. The molecule has 0 aliphatic rings. The van der Waals surface area contributed by atoms with Gasteiger partial charge < -0.3 is 0 Å². The van der Waals surface area contributed by atoms with Crippen molar-refractivity contribution < 1.29 is 13.2 Å². The molecule has 0 N–H and O–H groups in total. The van der Waals surface area contributed by atoms with Crippen LogP contribution >= 0.6 is 11.5 Å². The fraction of sp³-hybridized carbons (Fsp3) is 0.385. The minimum absolute atomic E-state index is 0.231. The van der Waals surface area contributed by atoms with Gasteiger partial charge in [0, 0.05) is 11.8 Å². The number of hydrogen-bond donors (Lipinski definition) is 0. The zero-order valence-electron chi connectivity index (χ0n) is 10.6. The Balaban J connectivity index is 2.47. The van der Waals surface area contributed by atoms with Gasteiger partial charge in [0.1, 0.15) is 10.6 Å². The van der Waals surface area contributed by atoms with E-state index in [2.05, 4.69) is 9.36 Å². The highest BCUT2D eigenvalue weighted by Gasteiger charge is 2.37. The van der Waals surface area contributed by atoms with Crippen LogP contribution in [0.15, 0.2) is 18.3 Å². The number of nitrogens with zero attached hydrogens (tertiary/aromatic N) is 2. The van der Waals surface area contributed by atoms with E-state index < -0.39 is 11.1 Å². The van der Waals surface area contributed by atoms with Crippen molar-refractivity contribution in [1.82, 2.24) is 9.36 Å². The van der Waals surface area contributed by atoms with Crippen LogP contribution in [-0.4, -0.2) is 9.36 Å². The zero-order chi connectivity index (χ0) is 14.0. The third-order valence-corrected chi connectivity index (χ3v) is 3.81. The molecule has 0 atom stereocenters. The lowest BCUT2D eigenvalue weighted by Crippen LogP contribution is -2.05. The van der Waals surface area contributed by atoms with Crippen LogP contribution in [0, 0.1) is 0 Å². The fourth-order valence-electron chi connectivity index (χ4n) is 1.83. The molecule has 2 nitrogen and oxygen atoms in total. The monoisotopic (exact) mass is 286 g/mol. The Morgan fingerprint density at radius 1 is 1.16 bits per heavy atom. The van der Waals surface area contributed by atoms with Crippen LogP contribution in [0.1, 0.15) is 29.9 Å². The first-order chi connectivity index (χ1) is 8.97. The molecule has 6 heteroatoms. The van der Waals surface area contributed by atoms with E-state index in [1.807, 2.05) is 13.0 Å². The number of halogens is 3. The van der Waals surface area contributed by atoms with Gasteiger partial charge >= 0.3 is 6.18 Å². The summed E-state index contributed by atoms with van der Waals surface area (Å²) in [6.07, 6.45) is -1.53. The van der Waals surface area contributed by atoms with Crippen LogP contribution in [0.3, 0.4) is 0 Å². The SMILES string of the molecule is CCc1ccc(-c2nsc(C(F)(F)F)c2CC)nc1. The summed E-state index contributed by atoms with van der Waals surface area (Å²) < 4.78 is 42.4. The van der Waals surface area contributed by atoms with Crippen molar-refractivity contribution in [3.05, 3.63) is 34.3 Å². The van der Waals surface area contributed by atoms with E-state index in [0.29, 0.717) is 22.9 Å². The van der Waals surface area contributed by atoms with E-state index in [9.17, 15) is 13.2 Å². The molecule has 0 aliphatic carbocycles. The summed E-state index contributed by atoms with van der Waals surface area (Å²) in [5.41, 5.74) is 2.13. The highest BCUT2D eigenvalue weighted by atomic mass is 32.1. The van der Waals surface area contributed by atoms with E-state index in [4.69, 9.17) is 0 Å². The smallest absolute Gasteiger partial charge is 0.254 e. The molecule has 0 aliphatic heterocycles. The summed E-state index contributed by atoms with van der Waals surface area (Å²) in [5.74, 6) is 0. The van der Waals surface area contributed by atoms with Crippen molar-refractivity contribution >= 4 is 11.5 Å². The first-order valence-electron chi connectivity index (χ1n) is 5.98. The molecule has 102 valence electrons. The van der Waals surface area contributed by atoms with E-state index in [-0.39, 0.29) is 12.0 Å². The Hall–Kier alpha value is -1.43. The molecule has 0 aromatic carbocycles. The van der Waals surface area contributed by atoms with Crippen molar-refractivity contribution in [2.45, 2.75) is 32.9 Å². The molecular formula is C13H13F3N2S. The van der Waals surface area contributed by atoms with Gasteiger partial charge in [-0.15, -0.1) is 0 Å². The van der Waals surface area contributed by atoms with Gasteiger partial charge in [0.15, 0.2) is 0 Å². The predicted molar refractivity (Wildman–Crippen MR) is 69.1 cm³/mol. The molecule has 0 radical (unpaired) electrons. The van der Waals surface area contributed by atoms with Crippen LogP contribution in [0.5, 0.6) is 0 Å². The van der Waals surface area contributed by atoms with Gasteiger partial charge in [-0.25, -0.2) is 0 Å². The highest BCUT2D eigenvalue weighted by molar-refractivity contribution is 7.06. The predicted octanol–water partition coefficient (Wildman–Crippen LogP) is 4.35. The van der Waals surface area contributed by atoms with Gasteiger partial charge in [-0.05, 0) is 36.0 Å². The van der Waals surface area contributed by atoms with Crippen molar-refractivity contribution in [1.29, 1.82) is 0 Å². The number of alkyl halides is 3. The van der Waals surface area contributed by atoms with E-state index in [1.165, 1.54) is 0 Å². The van der Waals surface area contributed by atoms with Crippen LogP contribution in [0.4, 0.5) is 13.2 Å². The summed E-state index contributed by atoms with van der Waals surface area (Å²) in [6.45, 7) is 3.70. The number of hydrogen-bond acceptors (Lipinski definition) is 3. The molecule has 19 heavy (non-hydrogen) atoms. The molecule has 2 aromatic heterocycles. The molecule has 2 aromatic rings. The normalized spacial score (nSPS) is 11.8. The van der Waals surface area contributed by atoms with Crippen LogP contribution in [0.2, 0.25) is 0 Å². The molecule has 2 heterocycles. The standard InChI is InChI=1S/C13H13F3N2S/c1-3-8-5-6-10(17-7-8)11-9(4-2)12(19-18-11)13(14,15)16/h5-7H,3-4H2,1-2H3. The van der Waals surface area contributed by atoms with Crippen LogP contribution in [0.25, 0.3) is 11.4 Å². The van der Waals surface area contributed by atoms with Gasteiger partial charge in [0.05, 0.1) is 5.69 Å². The van der Waals surface area contributed by atoms with Crippen molar-refractivity contribution in [2.75, 3.05) is 0 Å². The first-order valence-corrected chi connectivity index (χ1v) is 6.75. The molecule has 0 saturated heterocycles. The van der Waals surface area contributed by atoms with Crippen LogP contribution < -0.4 is 0 Å². The van der Waals surface area contributed by atoms with E-state index >= 15 is 0 Å². The van der Waals surface area contributed by atoms with E-state index in [1.54, 1.807) is 19.2 Å². The van der Waals surface area contributed by atoms with Gasteiger partial charge in [-0.1, -0.05) is 19.9 Å². The Morgan fingerprint density at radius 2 is 1.89 bits per heavy atom. The molecule has 0 spiro atoms. The largest absolute Gasteiger partial charge is 0.427 e. The topological polar surface area (TPSA) is 25.8 Å². The quantitative estimate of drug-likeness (QED) is 0.838. The minimum atomic E-state index is -4.34. The zero-order valence-corrected chi connectivity index (χ0v) is 11.4. The lowest BCUT2D eigenvalue weighted by Gasteiger charge is -2.06. The second kappa shape index (κ2) is 5.28. The summed E-state index contributed by atoms with van der Waals surface area (Å²) in [4.78, 5) is 3.58. The number of aromatic nitrogens is 2. The molecule has 0 amide bonds. The average molecular weight is 286 g/mol. The van der Waals surface area contributed by atoms with Crippen LogP contribution in [-0.2, 0) is 19.0 Å². The first kappa shape index (κ1) is 14.0. The van der Waals surface area contributed by atoms with Gasteiger partial charge in [-0.2, -0.15) is 17.5 Å². The lowest BCUT2D eigenvalue weighted by atomic mass is 10.1. The Morgan fingerprint density at radius 3 is 2.37 bits per heavy atom.